The summed E-state index contributed by atoms with van der Waals surface area (Å²) in [6.45, 7) is 7.16. The van der Waals surface area contributed by atoms with Crippen LogP contribution in [0.25, 0.3) is 16.9 Å². The predicted molar refractivity (Wildman–Crippen MR) is 163 cm³/mol. The number of benzene rings is 2. The van der Waals surface area contributed by atoms with Crippen molar-refractivity contribution in [2.75, 3.05) is 56.9 Å². The lowest BCUT2D eigenvalue weighted by Gasteiger charge is -2.26. The van der Waals surface area contributed by atoms with Crippen molar-refractivity contribution in [2.45, 2.75) is 25.8 Å². The van der Waals surface area contributed by atoms with E-state index in [-0.39, 0.29) is 23.6 Å². The molecule has 1 aliphatic rings. The molecule has 5 rings (SSSR count). The Morgan fingerprint density at radius 1 is 1.12 bits per heavy atom. The number of likely N-dealkylation sites (N-methyl/N-ethyl adjacent to an activating group) is 2. The molecule has 214 valence electrons. The van der Waals surface area contributed by atoms with Gasteiger partial charge in [-0.25, -0.2) is 14.3 Å². The van der Waals surface area contributed by atoms with Crippen LogP contribution in [-0.2, 0) is 4.79 Å². The molecule has 2 heterocycles. The number of aromatic nitrogens is 4. The number of amides is 1. The Hall–Kier alpha value is -4.64. The van der Waals surface area contributed by atoms with Gasteiger partial charge in [0, 0.05) is 44.5 Å². The van der Waals surface area contributed by atoms with Crippen molar-refractivity contribution in [3.8, 4) is 11.6 Å². The van der Waals surface area contributed by atoms with Gasteiger partial charge in [-0.2, -0.15) is 4.98 Å². The van der Waals surface area contributed by atoms with Crippen molar-refractivity contribution in [3.63, 3.8) is 0 Å². The number of anilines is 4. The molecule has 1 amide bonds. The van der Waals surface area contributed by atoms with Crippen LogP contribution in [0.1, 0.15) is 24.4 Å². The Balaban J connectivity index is 1.54. The number of methoxy groups -OCH3 is 1. The summed E-state index contributed by atoms with van der Waals surface area (Å²) in [6.07, 6.45) is 4.83. The van der Waals surface area contributed by atoms with Crippen LogP contribution in [0, 0.1) is 6.92 Å². The first-order chi connectivity index (χ1) is 19.7. The number of carbonyl (C=O) groups is 1. The summed E-state index contributed by atoms with van der Waals surface area (Å²) in [5, 5.41) is 6.12. The average Bonchev–Trinajstić information content (AvgIpc) is 3.74. The van der Waals surface area contributed by atoms with Crippen molar-refractivity contribution >= 4 is 40.0 Å². The summed E-state index contributed by atoms with van der Waals surface area (Å²) in [4.78, 5) is 39.1. The number of imidazole rings is 1. The van der Waals surface area contributed by atoms with Crippen molar-refractivity contribution in [1.29, 1.82) is 0 Å². The summed E-state index contributed by atoms with van der Waals surface area (Å²) in [5.41, 5.74) is 4.60. The third-order valence-corrected chi connectivity index (χ3v) is 7.11. The van der Waals surface area contributed by atoms with E-state index >= 15 is 0 Å². The second kappa shape index (κ2) is 11.5. The van der Waals surface area contributed by atoms with Gasteiger partial charge in [0.15, 0.2) is 0 Å². The lowest BCUT2D eigenvalue weighted by molar-refractivity contribution is -0.111. The molecule has 0 saturated heterocycles. The minimum Gasteiger partial charge on any atom is -0.494 e. The Bertz CT molecular complexity index is 1670. The number of nitrogens with one attached hydrogen (secondary N) is 2. The van der Waals surface area contributed by atoms with Gasteiger partial charge in [0.1, 0.15) is 11.6 Å². The van der Waals surface area contributed by atoms with E-state index in [0.29, 0.717) is 22.9 Å². The zero-order valence-corrected chi connectivity index (χ0v) is 24.1. The molecule has 0 unspecified atom stereocenters. The number of rotatable bonds is 11. The normalized spacial score (nSPS) is 12.9. The van der Waals surface area contributed by atoms with Crippen LogP contribution in [0.2, 0.25) is 0 Å². The highest BCUT2D eigenvalue weighted by Gasteiger charge is 2.29. The summed E-state index contributed by atoms with van der Waals surface area (Å²) >= 11 is 0. The number of aryl methyl sites for hydroxylation is 1. The first kappa shape index (κ1) is 27.9. The summed E-state index contributed by atoms with van der Waals surface area (Å²) < 4.78 is 9.22. The highest BCUT2D eigenvalue weighted by molar-refractivity contribution is 6.02. The van der Waals surface area contributed by atoms with Crippen LogP contribution in [0.15, 0.2) is 60.0 Å². The fourth-order valence-corrected chi connectivity index (χ4v) is 4.80. The maximum atomic E-state index is 13.6. The fourth-order valence-electron chi connectivity index (χ4n) is 4.80. The van der Waals surface area contributed by atoms with Gasteiger partial charge in [-0.05, 0) is 63.7 Å². The largest absolute Gasteiger partial charge is 0.494 e. The molecule has 2 aromatic carbocycles. The van der Waals surface area contributed by atoms with Gasteiger partial charge < -0.3 is 25.2 Å². The van der Waals surface area contributed by atoms with E-state index < -0.39 is 0 Å². The summed E-state index contributed by atoms with van der Waals surface area (Å²) in [6, 6.07) is 11.6. The SMILES string of the molecule is C=CC(=O)Nc1cc(Nc2nccc(-n3c(=O)n(C4CC4)c4cc(C)ccc43)n2)c(OC)cc1N(C)CCN(C)C. The van der Waals surface area contributed by atoms with E-state index in [1.807, 2.05) is 61.8 Å². The summed E-state index contributed by atoms with van der Waals surface area (Å²) in [7, 11) is 7.56. The lowest BCUT2D eigenvalue weighted by Crippen LogP contribution is -2.29. The van der Waals surface area contributed by atoms with Crippen molar-refractivity contribution < 1.29 is 9.53 Å². The third kappa shape index (κ3) is 5.80. The lowest BCUT2D eigenvalue weighted by atomic mass is 10.2. The highest BCUT2D eigenvalue weighted by Crippen LogP contribution is 2.39. The number of hydrogen-bond donors (Lipinski definition) is 2. The molecule has 1 aliphatic carbocycles. The first-order valence-electron chi connectivity index (χ1n) is 13.6. The van der Waals surface area contributed by atoms with Gasteiger partial charge in [-0.15, -0.1) is 0 Å². The number of hydrogen-bond acceptors (Lipinski definition) is 8. The van der Waals surface area contributed by atoms with Crippen molar-refractivity contribution in [1.82, 2.24) is 24.0 Å². The van der Waals surface area contributed by atoms with E-state index in [4.69, 9.17) is 9.72 Å². The molecule has 11 nitrogen and oxygen atoms in total. The van der Waals surface area contributed by atoms with E-state index in [9.17, 15) is 9.59 Å². The Labute approximate surface area is 239 Å². The average molecular weight is 557 g/mol. The quantitative estimate of drug-likeness (QED) is 0.266. The Morgan fingerprint density at radius 3 is 2.59 bits per heavy atom. The number of nitrogens with zero attached hydrogens (tertiary/aromatic N) is 6. The van der Waals surface area contributed by atoms with Crippen LogP contribution in [0.5, 0.6) is 5.75 Å². The zero-order valence-electron chi connectivity index (χ0n) is 24.1. The van der Waals surface area contributed by atoms with E-state index in [1.54, 1.807) is 30.0 Å². The summed E-state index contributed by atoms with van der Waals surface area (Å²) in [5.74, 6) is 0.949. The van der Waals surface area contributed by atoms with E-state index in [0.717, 1.165) is 48.2 Å². The fraction of sp³-hybridized carbons (Fsp3) is 0.333. The van der Waals surface area contributed by atoms with Crippen LogP contribution in [0.3, 0.4) is 0 Å². The second-order valence-corrected chi connectivity index (χ2v) is 10.6. The van der Waals surface area contributed by atoms with Gasteiger partial charge in [-0.3, -0.25) is 9.36 Å². The molecule has 2 N–H and O–H groups in total. The minimum absolute atomic E-state index is 0.116. The Kier molecular flexibility index (Phi) is 7.80. The molecular weight excluding hydrogens is 520 g/mol. The maximum Gasteiger partial charge on any atom is 0.335 e. The van der Waals surface area contributed by atoms with Gasteiger partial charge in [0.25, 0.3) is 0 Å². The molecule has 0 bridgehead atoms. The molecule has 4 aromatic rings. The van der Waals surface area contributed by atoms with Gasteiger partial charge >= 0.3 is 5.69 Å². The van der Waals surface area contributed by atoms with E-state index in [2.05, 4.69) is 27.1 Å². The molecule has 1 saturated carbocycles. The van der Waals surface area contributed by atoms with Gasteiger partial charge in [0.05, 0.1) is 35.2 Å². The minimum atomic E-state index is -0.330. The molecule has 0 atom stereocenters. The van der Waals surface area contributed by atoms with Gasteiger partial charge in [-0.1, -0.05) is 12.6 Å². The molecular formula is C30H36N8O3. The molecule has 0 spiro atoms. The standard InChI is InChI=1S/C30H36N8O3/c1-7-28(39)32-21-17-22(26(41-6)18-24(21)36(5)15-14-35(3)4)33-29-31-13-12-27(34-29)38-23-11-8-19(2)16-25(23)37(30(38)40)20-9-10-20/h7-8,11-13,16-18,20H,1,9-10,14-15H2,2-6H3,(H,32,39)(H,31,33,34). The molecule has 11 heteroatoms. The topological polar surface area (TPSA) is 110 Å². The zero-order chi connectivity index (χ0) is 29.3. The molecule has 41 heavy (non-hydrogen) atoms. The number of ether oxygens (including phenoxy) is 1. The number of fused-ring (bicyclic) bond motifs is 1. The van der Waals surface area contributed by atoms with Crippen LogP contribution < -0.4 is 26.0 Å². The monoisotopic (exact) mass is 556 g/mol. The molecule has 0 radical (unpaired) electrons. The van der Waals surface area contributed by atoms with Crippen molar-refractivity contribution in [2.24, 2.45) is 0 Å². The van der Waals surface area contributed by atoms with Crippen molar-refractivity contribution in [3.05, 3.63) is 71.3 Å². The van der Waals surface area contributed by atoms with Crippen LogP contribution in [-0.4, -0.2) is 71.3 Å². The molecule has 0 aliphatic heterocycles. The third-order valence-electron chi connectivity index (χ3n) is 7.11. The smallest absolute Gasteiger partial charge is 0.335 e. The number of carbonyl (C=O) groups excluding carboxylic acids is 1. The van der Waals surface area contributed by atoms with Crippen LogP contribution >= 0.6 is 0 Å². The first-order valence-corrected chi connectivity index (χ1v) is 13.6. The van der Waals surface area contributed by atoms with E-state index in [1.165, 1.54) is 6.08 Å². The Morgan fingerprint density at radius 2 is 1.90 bits per heavy atom. The van der Waals surface area contributed by atoms with Crippen LogP contribution in [0.4, 0.5) is 23.0 Å². The maximum absolute atomic E-state index is 13.6. The second-order valence-electron chi connectivity index (χ2n) is 10.6. The molecule has 1 fully saturated rings. The molecule has 2 aromatic heterocycles. The highest BCUT2D eigenvalue weighted by atomic mass is 16.5. The predicted octanol–water partition coefficient (Wildman–Crippen LogP) is 4.10. The van der Waals surface area contributed by atoms with Gasteiger partial charge in [0.2, 0.25) is 11.9 Å².